The van der Waals surface area contributed by atoms with Crippen molar-refractivity contribution < 1.29 is 0 Å². The molecule has 0 saturated heterocycles. The van der Waals surface area contributed by atoms with Gasteiger partial charge in [-0.15, -0.1) is 0 Å². The molecule has 3 N–H and O–H groups in total. The van der Waals surface area contributed by atoms with Gasteiger partial charge in [0.05, 0.1) is 0 Å². The molecule has 0 amide bonds. The molecule has 3 rings (SSSR count). The predicted octanol–water partition coefficient (Wildman–Crippen LogP) is 3.09. The van der Waals surface area contributed by atoms with E-state index < -0.39 is 0 Å². The van der Waals surface area contributed by atoms with E-state index >= 15 is 0 Å². The molecule has 1 saturated carbocycles. The summed E-state index contributed by atoms with van der Waals surface area (Å²) in [5.74, 6) is 1.74. The zero-order valence-corrected chi connectivity index (χ0v) is 11.5. The number of hydrogen-bond acceptors (Lipinski definition) is 2. The zero-order chi connectivity index (χ0) is 13.2. The highest BCUT2D eigenvalue weighted by Crippen LogP contribution is 2.37. The van der Waals surface area contributed by atoms with Crippen LogP contribution in [0.3, 0.4) is 0 Å². The Morgan fingerprint density at radius 1 is 1.21 bits per heavy atom. The molecule has 2 heteroatoms. The lowest BCUT2D eigenvalue weighted by Crippen LogP contribution is -2.30. The topological polar surface area (TPSA) is 38.0 Å². The molecule has 1 fully saturated rings. The van der Waals surface area contributed by atoms with Crippen LogP contribution in [-0.4, -0.2) is 13.1 Å². The van der Waals surface area contributed by atoms with Crippen LogP contribution in [0.15, 0.2) is 42.5 Å². The highest BCUT2D eigenvalue weighted by Gasteiger charge is 2.32. The molecule has 3 unspecified atom stereocenters. The second-order valence-electron chi connectivity index (χ2n) is 5.74. The Kier molecular flexibility index (Phi) is 3.54. The summed E-state index contributed by atoms with van der Waals surface area (Å²) in [7, 11) is 0. The molecule has 3 atom stereocenters. The molecule has 19 heavy (non-hydrogen) atoms. The van der Waals surface area contributed by atoms with E-state index in [1.165, 1.54) is 22.8 Å². The van der Waals surface area contributed by atoms with Crippen molar-refractivity contribution in [3.8, 4) is 0 Å². The molecular weight excluding hydrogens is 232 g/mol. The van der Waals surface area contributed by atoms with Crippen molar-refractivity contribution in [2.45, 2.75) is 19.4 Å². The Balaban J connectivity index is 1.83. The van der Waals surface area contributed by atoms with Crippen molar-refractivity contribution in [1.82, 2.24) is 5.32 Å². The second kappa shape index (κ2) is 5.32. The average Bonchev–Trinajstić information content (AvgIpc) is 3.15. The molecule has 2 nitrogen and oxygen atoms in total. The van der Waals surface area contributed by atoms with Crippen LogP contribution < -0.4 is 11.1 Å². The molecule has 2 aromatic carbocycles. The summed E-state index contributed by atoms with van der Waals surface area (Å²) in [6, 6.07) is 15.3. The molecule has 0 heterocycles. The third kappa shape index (κ3) is 2.65. The fourth-order valence-corrected chi connectivity index (χ4v) is 2.85. The first-order chi connectivity index (χ1) is 9.29. The highest BCUT2D eigenvalue weighted by atomic mass is 14.9. The van der Waals surface area contributed by atoms with Crippen LogP contribution >= 0.6 is 0 Å². The summed E-state index contributed by atoms with van der Waals surface area (Å²) in [4.78, 5) is 0. The first-order valence-corrected chi connectivity index (χ1v) is 7.20. The fourth-order valence-electron chi connectivity index (χ4n) is 2.85. The van der Waals surface area contributed by atoms with Gasteiger partial charge in [-0.1, -0.05) is 49.4 Å². The van der Waals surface area contributed by atoms with Crippen molar-refractivity contribution in [3.05, 3.63) is 48.0 Å². The summed E-state index contributed by atoms with van der Waals surface area (Å²) in [5.41, 5.74) is 7.30. The number of nitrogens with two attached hydrogens (primary N) is 1. The molecule has 0 bridgehead atoms. The van der Waals surface area contributed by atoms with Gasteiger partial charge >= 0.3 is 0 Å². The van der Waals surface area contributed by atoms with Gasteiger partial charge in [0.2, 0.25) is 0 Å². The van der Waals surface area contributed by atoms with E-state index in [2.05, 4.69) is 54.7 Å². The largest absolute Gasteiger partial charge is 0.329 e. The van der Waals surface area contributed by atoms with Crippen molar-refractivity contribution in [2.75, 3.05) is 13.1 Å². The quantitative estimate of drug-likeness (QED) is 0.860. The number of hydrogen-bond donors (Lipinski definition) is 2. The maximum absolute atomic E-state index is 5.97. The van der Waals surface area contributed by atoms with E-state index in [1.54, 1.807) is 0 Å². The molecule has 1 aliphatic carbocycles. The Labute approximate surface area is 115 Å². The summed E-state index contributed by atoms with van der Waals surface area (Å²) >= 11 is 0. The monoisotopic (exact) mass is 254 g/mol. The first kappa shape index (κ1) is 12.6. The van der Waals surface area contributed by atoms with Gasteiger partial charge in [-0.3, -0.25) is 0 Å². The molecular formula is C17H22N2. The summed E-state index contributed by atoms with van der Waals surface area (Å²) < 4.78 is 0. The Morgan fingerprint density at radius 2 is 1.95 bits per heavy atom. The van der Waals surface area contributed by atoms with E-state index in [4.69, 9.17) is 5.73 Å². The van der Waals surface area contributed by atoms with E-state index in [0.29, 0.717) is 6.54 Å². The summed E-state index contributed by atoms with van der Waals surface area (Å²) in [6.45, 7) is 4.06. The van der Waals surface area contributed by atoms with Crippen LogP contribution in [0.5, 0.6) is 0 Å². The van der Waals surface area contributed by atoms with Crippen molar-refractivity contribution in [3.63, 3.8) is 0 Å². The number of rotatable bonds is 5. The highest BCUT2D eigenvalue weighted by molar-refractivity contribution is 5.86. The van der Waals surface area contributed by atoms with Gasteiger partial charge in [0.25, 0.3) is 0 Å². The van der Waals surface area contributed by atoms with Crippen LogP contribution in [-0.2, 0) is 0 Å². The van der Waals surface area contributed by atoms with Crippen molar-refractivity contribution in [1.29, 1.82) is 0 Å². The first-order valence-electron chi connectivity index (χ1n) is 7.20. The molecule has 2 aromatic rings. The normalized spacial score (nSPS) is 23.5. The lowest BCUT2D eigenvalue weighted by atomic mass is 9.98. The standard InChI is InChI=1S/C17H22N2/c1-12-9-14(12)11-19-17(10-18)16-8-4-6-13-5-2-3-7-15(13)16/h2-8,12,14,17,19H,9-11,18H2,1H3. The van der Waals surface area contributed by atoms with Gasteiger partial charge in [-0.2, -0.15) is 0 Å². The van der Waals surface area contributed by atoms with Crippen LogP contribution in [0.1, 0.15) is 24.9 Å². The molecule has 0 spiro atoms. The summed E-state index contributed by atoms with van der Waals surface area (Å²) in [5, 5.41) is 6.25. The molecule has 1 aliphatic rings. The molecule has 0 aliphatic heterocycles. The average molecular weight is 254 g/mol. The van der Waals surface area contributed by atoms with Crippen LogP contribution in [0.4, 0.5) is 0 Å². The molecule has 100 valence electrons. The number of benzene rings is 2. The SMILES string of the molecule is CC1CC1CNC(CN)c1cccc2ccccc12. The van der Waals surface area contributed by atoms with E-state index in [-0.39, 0.29) is 6.04 Å². The van der Waals surface area contributed by atoms with Crippen LogP contribution in [0, 0.1) is 11.8 Å². The van der Waals surface area contributed by atoms with E-state index in [1.807, 2.05) is 0 Å². The van der Waals surface area contributed by atoms with Gasteiger partial charge in [0.15, 0.2) is 0 Å². The minimum Gasteiger partial charge on any atom is -0.329 e. The van der Waals surface area contributed by atoms with Gasteiger partial charge in [0, 0.05) is 12.6 Å². The number of nitrogens with one attached hydrogen (secondary N) is 1. The van der Waals surface area contributed by atoms with Crippen molar-refractivity contribution in [2.24, 2.45) is 17.6 Å². The maximum atomic E-state index is 5.97. The predicted molar refractivity (Wildman–Crippen MR) is 81.0 cm³/mol. The zero-order valence-electron chi connectivity index (χ0n) is 11.5. The Bertz CT molecular complexity index is 559. The fraction of sp³-hybridized carbons (Fsp3) is 0.412. The maximum Gasteiger partial charge on any atom is 0.0450 e. The van der Waals surface area contributed by atoms with Crippen LogP contribution in [0.2, 0.25) is 0 Å². The molecule has 0 radical (unpaired) electrons. The summed E-state index contributed by atoms with van der Waals surface area (Å²) in [6.07, 6.45) is 1.36. The van der Waals surface area contributed by atoms with Crippen molar-refractivity contribution >= 4 is 10.8 Å². The van der Waals surface area contributed by atoms with Gasteiger partial charge in [-0.05, 0) is 41.1 Å². The smallest absolute Gasteiger partial charge is 0.0450 e. The Hall–Kier alpha value is -1.38. The second-order valence-corrected chi connectivity index (χ2v) is 5.74. The third-order valence-electron chi connectivity index (χ3n) is 4.34. The third-order valence-corrected chi connectivity index (χ3v) is 4.34. The van der Waals surface area contributed by atoms with Crippen LogP contribution in [0.25, 0.3) is 10.8 Å². The lowest BCUT2D eigenvalue weighted by molar-refractivity contribution is 0.514. The van der Waals surface area contributed by atoms with Gasteiger partial charge in [-0.25, -0.2) is 0 Å². The minimum atomic E-state index is 0.263. The lowest BCUT2D eigenvalue weighted by Gasteiger charge is -2.19. The van der Waals surface area contributed by atoms with Gasteiger partial charge < -0.3 is 11.1 Å². The molecule has 0 aromatic heterocycles. The van der Waals surface area contributed by atoms with E-state index in [9.17, 15) is 0 Å². The van der Waals surface area contributed by atoms with Gasteiger partial charge in [0.1, 0.15) is 0 Å². The number of fused-ring (bicyclic) bond motifs is 1. The van der Waals surface area contributed by atoms with E-state index in [0.717, 1.165) is 18.4 Å². The minimum absolute atomic E-state index is 0.263. The Morgan fingerprint density at radius 3 is 2.68 bits per heavy atom.